The molecule has 0 aromatic heterocycles. The fraction of sp³-hybridized carbons (Fsp3) is 0.273. The maximum Gasteiger partial charge on any atom is 0.254 e. The van der Waals surface area contributed by atoms with Crippen LogP contribution < -0.4 is 5.32 Å². The Labute approximate surface area is 91.7 Å². The number of benzene rings is 1. The molecular weight excluding hydrogens is 214 g/mol. The van der Waals surface area contributed by atoms with Crippen molar-refractivity contribution in [2.45, 2.75) is 13.3 Å². The molecule has 0 aliphatic heterocycles. The van der Waals surface area contributed by atoms with Crippen molar-refractivity contribution in [3.05, 3.63) is 34.9 Å². The van der Waals surface area contributed by atoms with Gasteiger partial charge in [-0.3, -0.25) is 4.79 Å². The van der Waals surface area contributed by atoms with E-state index in [0.29, 0.717) is 6.07 Å². The Morgan fingerprint density at radius 3 is 2.75 bits per heavy atom. The standard InChI is InChI=1S/C11H10F2N2O/c1-7-5-8(10(13)6-9(7)12)11(16)15-4-2-3-14/h5-6H,2,4H2,1H3,(H,15,16). The van der Waals surface area contributed by atoms with Gasteiger partial charge in [0, 0.05) is 12.6 Å². The molecule has 0 aliphatic rings. The van der Waals surface area contributed by atoms with E-state index in [2.05, 4.69) is 5.32 Å². The minimum Gasteiger partial charge on any atom is -0.351 e. The third-order valence-electron chi connectivity index (χ3n) is 2.02. The van der Waals surface area contributed by atoms with Crippen molar-refractivity contribution < 1.29 is 13.6 Å². The van der Waals surface area contributed by atoms with Crippen molar-refractivity contribution in [1.82, 2.24) is 5.32 Å². The van der Waals surface area contributed by atoms with E-state index in [0.717, 1.165) is 6.07 Å². The summed E-state index contributed by atoms with van der Waals surface area (Å²) in [5.74, 6) is -2.24. The number of carbonyl (C=O) groups is 1. The summed E-state index contributed by atoms with van der Waals surface area (Å²) < 4.78 is 26.1. The van der Waals surface area contributed by atoms with Crippen molar-refractivity contribution in [3.63, 3.8) is 0 Å². The fourth-order valence-electron chi connectivity index (χ4n) is 1.16. The Morgan fingerprint density at radius 2 is 2.12 bits per heavy atom. The first-order valence-corrected chi connectivity index (χ1v) is 4.67. The lowest BCUT2D eigenvalue weighted by Gasteiger charge is -2.05. The number of nitrogens with zero attached hydrogens (tertiary/aromatic N) is 1. The van der Waals surface area contributed by atoms with Gasteiger partial charge in [0.05, 0.1) is 18.1 Å². The second kappa shape index (κ2) is 5.21. The molecule has 1 amide bonds. The zero-order valence-electron chi connectivity index (χ0n) is 8.68. The van der Waals surface area contributed by atoms with Gasteiger partial charge in [-0.05, 0) is 18.6 Å². The molecule has 0 bridgehead atoms. The second-order valence-corrected chi connectivity index (χ2v) is 3.25. The maximum atomic E-state index is 13.2. The van der Waals surface area contributed by atoms with Crippen LogP contribution in [0.15, 0.2) is 12.1 Å². The first kappa shape index (κ1) is 12.1. The van der Waals surface area contributed by atoms with E-state index in [1.165, 1.54) is 6.92 Å². The average Bonchev–Trinajstić information content (AvgIpc) is 2.23. The predicted octanol–water partition coefficient (Wildman–Crippen LogP) is 1.92. The molecule has 0 spiro atoms. The fourth-order valence-corrected chi connectivity index (χ4v) is 1.16. The van der Waals surface area contributed by atoms with Crippen molar-refractivity contribution in [3.8, 4) is 6.07 Å². The minimum absolute atomic E-state index is 0.144. The molecule has 0 aliphatic carbocycles. The van der Waals surface area contributed by atoms with Crippen LogP contribution in [-0.4, -0.2) is 12.5 Å². The number of nitriles is 1. The lowest BCUT2D eigenvalue weighted by molar-refractivity contribution is 0.0950. The molecular formula is C11H10F2N2O. The summed E-state index contributed by atoms with van der Waals surface area (Å²) in [6.07, 6.45) is 0.146. The Hall–Kier alpha value is -1.96. The van der Waals surface area contributed by atoms with Gasteiger partial charge < -0.3 is 5.32 Å². The highest BCUT2D eigenvalue weighted by molar-refractivity contribution is 5.94. The van der Waals surface area contributed by atoms with Crippen molar-refractivity contribution in [1.29, 1.82) is 5.26 Å². The zero-order chi connectivity index (χ0) is 12.1. The molecule has 1 rings (SSSR count). The zero-order valence-corrected chi connectivity index (χ0v) is 8.68. The SMILES string of the molecule is Cc1cc(C(=O)NCCC#N)c(F)cc1F. The molecule has 5 heteroatoms. The van der Waals surface area contributed by atoms with Crippen LogP contribution in [0.3, 0.4) is 0 Å². The summed E-state index contributed by atoms with van der Waals surface area (Å²) in [4.78, 5) is 11.4. The predicted molar refractivity (Wildman–Crippen MR) is 53.7 cm³/mol. The first-order valence-electron chi connectivity index (χ1n) is 4.67. The summed E-state index contributed by atoms with van der Waals surface area (Å²) in [6, 6.07) is 3.66. The van der Waals surface area contributed by atoms with E-state index in [-0.39, 0.29) is 24.1 Å². The minimum atomic E-state index is -0.905. The number of carbonyl (C=O) groups excluding carboxylic acids is 1. The van der Waals surface area contributed by atoms with Crippen LogP contribution in [-0.2, 0) is 0 Å². The Morgan fingerprint density at radius 1 is 1.44 bits per heavy atom. The first-order chi connectivity index (χ1) is 7.56. The molecule has 0 atom stereocenters. The number of halogens is 2. The lowest BCUT2D eigenvalue weighted by atomic mass is 10.1. The van der Waals surface area contributed by atoms with E-state index in [9.17, 15) is 13.6 Å². The normalized spacial score (nSPS) is 9.62. The lowest BCUT2D eigenvalue weighted by Crippen LogP contribution is -2.25. The number of nitrogens with one attached hydrogen (secondary N) is 1. The molecule has 0 radical (unpaired) electrons. The van der Waals surface area contributed by atoms with E-state index < -0.39 is 17.5 Å². The summed E-state index contributed by atoms with van der Waals surface area (Å²) in [5, 5.41) is 10.6. The van der Waals surface area contributed by atoms with Gasteiger partial charge in [-0.25, -0.2) is 8.78 Å². The highest BCUT2D eigenvalue weighted by atomic mass is 19.1. The quantitative estimate of drug-likeness (QED) is 0.797. The van der Waals surface area contributed by atoms with Crippen LogP contribution in [0, 0.1) is 29.9 Å². The smallest absolute Gasteiger partial charge is 0.254 e. The van der Waals surface area contributed by atoms with Crippen LogP contribution in [0.25, 0.3) is 0 Å². The van der Waals surface area contributed by atoms with E-state index >= 15 is 0 Å². The third kappa shape index (κ3) is 2.76. The van der Waals surface area contributed by atoms with Crippen molar-refractivity contribution in [2.24, 2.45) is 0 Å². The van der Waals surface area contributed by atoms with Gasteiger partial charge in [-0.1, -0.05) is 0 Å². The van der Waals surface area contributed by atoms with E-state index in [4.69, 9.17) is 5.26 Å². The Bertz CT molecular complexity index is 452. The maximum absolute atomic E-state index is 13.2. The largest absolute Gasteiger partial charge is 0.351 e. The molecule has 1 aromatic carbocycles. The molecule has 0 fully saturated rings. The molecule has 0 heterocycles. The van der Waals surface area contributed by atoms with Gasteiger partial charge in [0.2, 0.25) is 0 Å². The molecule has 84 valence electrons. The monoisotopic (exact) mass is 224 g/mol. The molecule has 16 heavy (non-hydrogen) atoms. The van der Waals surface area contributed by atoms with Crippen LogP contribution in [0.2, 0.25) is 0 Å². The molecule has 3 nitrogen and oxygen atoms in total. The molecule has 0 saturated heterocycles. The van der Waals surface area contributed by atoms with Gasteiger partial charge in [0.15, 0.2) is 0 Å². The third-order valence-corrected chi connectivity index (χ3v) is 2.02. The molecule has 1 N–H and O–H groups in total. The van der Waals surface area contributed by atoms with Crippen LogP contribution in [0.4, 0.5) is 8.78 Å². The van der Waals surface area contributed by atoms with Gasteiger partial charge in [-0.2, -0.15) is 5.26 Å². The highest BCUT2D eigenvalue weighted by Crippen LogP contribution is 2.13. The van der Waals surface area contributed by atoms with Crippen LogP contribution in [0.1, 0.15) is 22.3 Å². The van der Waals surface area contributed by atoms with Gasteiger partial charge in [0.1, 0.15) is 11.6 Å². The van der Waals surface area contributed by atoms with Crippen molar-refractivity contribution in [2.75, 3.05) is 6.54 Å². The van der Waals surface area contributed by atoms with Gasteiger partial charge >= 0.3 is 0 Å². The second-order valence-electron chi connectivity index (χ2n) is 3.25. The van der Waals surface area contributed by atoms with Gasteiger partial charge in [-0.15, -0.1) is 0 Å². The van der Waals surface area contributed by atoms with Crippen LogP contribution >= 0.6 is 0 Å². The summed E-state index contributed by atoms with van der Waals surface area (Å²) in [6.45, 7) is 1.59. The summed E-state index contributed by atoms with van der Waals surface area (Å²) in [7, 11) is 0. The average molecular weight is 224 g/mol. The molecule has 1 aromatic rings. The number of rotatable bonds is 3. The molecule has 0 unspecified atom stereocenters. The highest BCUT2D eigenvalue weighted by Gasteiger charge is 2.13. The number of aryl methyl sites for hydroxylation is 1. The Kier molecular flexibility index (Phi) is 3.95. The van der Waals surface area contributed by atoms with Crippen molar-refractivity contribution >= 4 is 5.91 Å². The summed E-state index contributed by atoms with van der Waals surface area (Å²) in [5.41, 5.74) is -0.0105. The number of amides is 1. The topological polar surface area (TPSA) is 52.9 Å². The van der Waals surface area contributed by atoms with Gasteiger partial charge in [0.25, 0.3) is 5.91 Å². The Balaban J connectivity index is 2.84. The van der Waals surface area contributed by atoms with E-state index in [1.54, 1.807) is 0 Å². The number of hydrogen-bond acceptors (Lipinski definition) is 2. The summed E-state index contributed by atoms with van der Waals surface area (Å²) >= 11 is 0. The van der Waals surface area contributed by atoms with E-state index in [1.807, 2.05) is 6.07 Å². The van der Waals surface area contributed by atoms with Crippen LogP contribution in [0.5, 0.6) is 0 Å². The number of hydrogen-bond donors (Lipinski definition) is 1. The molecule has 0 saturated carbocycles.